The van der Waals surface area contributed by atoms with Gasteiger partial charge < -0.3 is 4.42 Å². The van der Waals surface area contributed by atoms with Gasteiger partial charge >= 0.3 is 0 Å². The molecular formula is C23H16N4O3S2. The molecule has 7 nitrogen and oxygen atoms in total. The van der Waals surface area contributed by atoms with Crippen LogP contribution in [0.1, 0.15) is 25.7 Å². The lowest BCUT2D eigenvalue weighted by Gasteiger charge is -2.10. The van der Waals surface area contributed by atoms with E-state index in [1.807, 2.05) is 41.1 Å². The summed E-state index contributed by atoms with van der Waals surface area (Å²) in [5.74, 6) is -0.320. The number of amides is 2. The number of fused-ring (bicyclic) bond motifs is 1. The van der Waals surface area contributed by atoms with Crippen LogP contribution in [0.3, 0.4) is 0 Å². The maximum atomic E-state index is 13.0. The van der Waals surface area contributed by atoms with Gasteiger partial charge in [-0.1, -0.05) is 18.2 Å². The van der Waals surface area contributed by atoms with Crippen molar-refractivity contribution in [1.29, 1.82) is 0 Å². The van der Waals surface area contributed by atoms with Gasteiger partial charge in [-0.05, 0) is 42.6 Å². The number of furan rings is 1. The number of nitrogens with one attached hydrogen (secondary N) is 2. The van der Waals surface area contributed by atoms with Crippen LogP contribution in [0.2, 0.25) is 0 Å². The van der Waals surface area contributed by atoms with Gasteiger partial charge in [0.15, 0.2) is 5.76 Å². The molecule has 2 N–H and O–H groups in total. The van der Waals surface area contributed by atoms with Crippen LogP contribution in [0, 0.1) is 6.92 Å². The lowest BCUT2D eigenvalue weighted by molar-refractivity contribution is 0.0849. The van der Waals surface area contributed by atoms with Gasteiger partial charge in [-0.3, -0.25) is 20.4 Å². The Morgan fingerprint density at radius 3 is 2.62 bits per heavy atom. The third kappa shape index (κ3) is 3.79. The number of para-hydroxylation sites is 1. The molecule has 0 radical (unpaired) electrons. The van der Waals surface area contributed by atoms with Crippen molar-refractivity contribution >= 4 is 45.4 Å². The van der Waals surface area contributed by atoms with Gasteiger partial charge in [0.1, 0.15) is 15.6 Å². The summed E-state index contributed by atoms with van der Waals surface area (Å²) in [6.07, 6.45) is 1.55. The molecule has 4 heterocycles. The SMILES string of the molecule is Cc1nc(-c2ccsc2)sc1C(=O)NNC(=O)c1cc(-c2ccco2)nc2ccccc12. The molecule has 2 amide bonds. The van der Waals surface area contributed by atoms with Crippen molar-refractivity contribution in [2.45, 2.75) is 6.92 Å². The topological polar surface area (TPSA) is 97.1 Å². The molecule has 0 atom stereocenters. The quantitative estimate of drug-likeness (QED) is 0.365. The van der Waals surface area contributed by atoms with Gasteiger partial charge in [-0.25, -0.2) is 9.97 Å². The third-order valence-corrected chi connectivity index (χ3v) is 6.68. The average Bonchev–Trinajstić information content (AvgIpc) is 3.58. The fraction of sp³-hybridized carbons (Fsp3) is 0.0435. The number of thiazole rings is 1. The zero-order valence-electron chi connectivity index (χ0n) is 16.8. The minimum absolute atomic E-state index is 0.377. The van der Waals surface area contributed by atoms with E-state index in [0.29, 0.717) is 38.5 Å². The van der Waals surface area contributed by atoms with Crippen LogP contribution in [0.4, 0.5) is 0 Å². The zero-order chi connectivity index (χ0) is 22.1. The van der Waals surface area contributed by atoms with Crippen molar-refractivity contribution in [1.82, 2.24) is 20.8 Å². The Bertz CT molecular complexity index is 1420. The largest absolute Gasteiger partial charge is 0.463 e. The van der Waals surface area contributed by atoms with Crippen molar-refractivity contribution in [3.63, 3.8) is 0 Å². The second-order valence-electron chi connectivity index (χ2n) is 6.90. The predicted octanol–water partition coefficient (Wildman–Crippen LogP) is 5.06. The summed E-state index contributed by atoms with van der Waals surface area (Å²) in [5, 5.41) is 5.38. The summed E-state index contributed by atoms with van der Waals surface area (Å²) in [6.45, 7) is 1.77. The number of hydrazine groups is 1. The summed E-state index contributed by atoms with van der Waals surface area (Å²) in [5.41, 5.74) is 8.16. The second kappa shape index (κ2) is 8.37. The highest BCUT2D eigenvalue weighted by Gasteiger charge is 2.19. The Labute approximate surface area is 190 Å². The molecule has 158 valence electrons. The van der Waals surface area contributed by atoms with Crippen molar-refractivity contribution in [2.24, 2.45) is 0 Å². The van der Waals surface area contributed by atoms with Gasteiger partial charge in [0.05, 0.1) is 23.0 Å². The van der Waals surface area contributed by atoms with Crippen LogP contribution in [0.15, 0.2) is 70.0 Å². The van der Waals surface area contributed by atoms with E-state index < -0.39 is 11.8 Å². The molecule has 0 saturated heterocycles. The van der Waals surface area contributed by atoms with E-state index in [2.05, 4.69) is 20.8 Å². The highest BCUT2D eigenvalue weighted by molar-refractivity contribution is 7.17. The summed E-state index contributed by atoms with van der Waals surface area (Å²) in [7, 11) is 0. The first kappa shape index (κ1) is 20.1. The van der Waals surface area contributed by atoms with E-state index in [4.69, 9.17) is 4.42 Å². The van der Waals surface area contributed by atoms with E-state index >= 15 is 0 Å². The highest BCUT2D eigenvalue weighted by atomic mass is 32.1. The summed E-state index contributed by atoms with van der Waals surface area (Å²) in [4.78, 5) is 35.2. The number of aromatic nitrogens is 2. The van der Waals surface area contributed by atoms with Crippen LogP contribution >= 0.6 is 22.7 Å². The molecule has 0 spiro atoms. The molecule has 32 heavy (non-hydrogen) atoms. The number of aryl methyl sites for hydroxylation is 1. The molecular weight excluding hydrogens is 444 g/mol. The van der Waals surface area contributed by atoms with Gasteiger partial charge in [0.2, 0.25) is 0 Å². The van der Waals surface area contributed by atoms with Crippen molar-refractivity contribution < 1.29 is 14.0 Å². The fourth-order valence-electron chi connectivity index (χ4n) is 3.27. The van der Waals surface area contributed by atoms with Crippen LogP contribution in [0.5, 0.6) is 0 Å². The van der Waals surface area contributed by atoms with Crippen LogP contribution in [-0.4, -0.2) is 21.8 Å². The maximum absolute atomic E-state index is 13.0. The molecule has 0 aliphatic rings. The first-order chi connectivity index (χ1) is 15.6. The lowest BCUT2D eigenvalue weighted by atomic mass is 10.1. The maximum Gasteiger partial charge on any atom is 0.281 e. The van der Waals surface area contributed by atoms with E-state index in [-0.39, 0.29) is 0 Å². The zero-order valence-corrected chi connectivity index (χ0v) is 18.4. The molecule has 0 unspecified atom stereocenters. The lowest BCUT2D eigenvalue weighted by Crippen LogP contribution is -2.41. The van der Waals surface area contributed by atoms with Gasteiger partial charge in [0.25, 0.3) is 11.8 Å². The molecule has 4 aromatic heterocycles. The number of benzene rings is 1. The number of carbonyl (C=O) groups excluding carboxylic acids is 2. The van der Waals surface area contributed by atoms with Gasteiger partial charge in [-0.15, -0.1) is 11.3 Å². The van der Waals surface area contributed by atoms with Gasteiger partial charge in [-0.2, -0.15) is 11.3 Å². The molecule has 0 fully saturated rings. The average molecular weight is 461 g/mol. The molecule has 1 aromatic carbocycles. The number of nitrogens with zero attached hydrogens (tertiary/aromatic N) is 2. The van der Waals surface area contributed by atoms with Crippen LogP contribution < -0.4 is 10.9 Å². The van der Waals surface area contributed by atoms with Crippen molar-refractivity contribution in [3.05, 3.63) is 81.7 Å². The Kier molecular flexibility index (Phi) is 5.26. The number of carbonyl (C=O) groups is 2. The summed E-state index contributed by atoms with van der Waals surface area (Å²) in [6, 6.07) is 14.5. The monoisotopic (exact) mass is 460 g/mol. The Morgan fingerprint density at radius 1 is 1.00 bits per heavy atom. The molecule has 5 aromatic rings. The second-order valence-corrected chi connectivity index (χ2v) is 8.68. The Morgan fingerprint density at radius 2 is 1.84 bits per heavy atom. The van der Waals surface area contributed by atoms with Crippen molar-refractivity contribution in [2.75, 3.05) is 0 Å². The molecule has 0 aliphatic carbocycles. The van der Waals surface area contributed by atoms with E-state index in [1.54, 1.807) is 42.7 Å². The highest BCUT2D eigenvalue weighted by Crippen LogP contribution is 2.29. The third-order valence-electron chi connectivity index (χ3n) is 4.79. The minimum atomic E-state index is -0.454. The number of hydrogen-bond donors (Lipinski definition) is 2. The first-order valence-electron chi connectivity index (χ1n) is 9.64. The standard InChI is InChI=1S/C23H16N4O3S2/c1-13-20(32-23(24-13)14-8-10-31-12-14)22(29)27-26-21(28)16-11-18(19-7-4-9-30-19)25-17-6-3-2-5-15(16)17/h2-12H,1H3,(H,26,28)(H,27,29). The van der Waals surface area contributed by atoms with Crippen LogP contribution in [-0.2, 0) is 0 Å². The molecule has 0 bridgehead atoms. The van der Waals surface area contributed by atoms with E-state index in [0.717, 1.165) is 10.6 Å². The number of thiophene rings is 1. The normalized spacial score (nSPS) is 10.9. The molecule has 0 saturated carbocycles. The smallest absolute Gasteiger partial charge is 0.281 e. The number of rotatable bonds is 4. The Hall–Kier alpha value is -3.82. The molecule has 0 aliphatic heterocycles. The number of pyridine rings is 1. The Balaban J connectivity index is 1.39. The van der Waals surface area contributed by atoms with Crippen LogP contribution in [0.25, 0.3) is 32.9 Å². The summed E-state index contributed by atoms with van der Waals surface area (Å²) < 4.78 is 5.44. The first-order valence-corrected chi connectivity index (χ1v) is 11.4. The predicted molar refractivity (Wildman–Crippen MR) is 125 cm³/mol. The number of hydrogen-bond acceptors (Lipinski definition) is 7. The van der Waals surface area contributed by atoms with Gasteiger partial charge in [0, 0.05) is 16.3 Å². The minimum Gasteiger partial charge on any atom is -0.463 e. The molecule has 5 rings (SSSR count). The van der Waals surface area contributed by atoms with Crippen molar-refractivity contribution in [3.8, 4) is 22.0 Å². The molecule has 9 heteroatoms. The van der Waals surface area contributed by atoms with E-state index in [9.17, 15) is 9.59 Å². The van der Waals surface area contributed by atoms with E-state index in [1.165, 1.54) is 11.3 Å². The fourth-order valence-corrected chi connectivity index (χ4v) is 4.94. The summed E-state index contributed by atoms with van der Waals surface area (Å²) >= 11 is 2.85.